The minimum Gasteiger partial charge on any atom is -0.496 e. The van der Waals surface area contributed by atoms with Crippen molar-refractivity contribution in [2.45, 2.75) is 45.2 Å². The summed E-state index contributed by atoms with van der Waals surface area (Å²) in [5, 5.41) is 12.0. The van der Waals surface area contributed by atoms with Crippen molar-refractivity contribution in [2.24, 2.45) is 0 Å². The van der Waals surface area contributed by atoms with E-state index in [1.807, 2.05) is 24.8 Å². The van der Waals surface area contributed by atoms with E-state index in [4.69, 9.17) is 19.6 Å². The first-order chi connectivity index (χ1) is 19.7. The number of aliphatic carboxylic acids is 1. The Kier molecular flexibility index (Phi) is 9.37. The summed E-state index contributed by atoms with van der Waals surface area (Å²) in [4.78, 5) is 54.6. The topological polar surface area (TPSA) is 152 Å². The number of imidazole rings is 1. The van der Waals surface area contributed by atoms with E-state index < -0.39 is 12.0 Å². The minimum absolute atomic E-state index is 0.0643. The van der Waals surface area contributed by atoms with Gasteiger partial charge in [-0.05, 0) is 18.1 Å². The van der Waals surface area contributed by atoms with Crippen LogP contribution in [0.1, 0.15) is 43.9 Å². The minimum atomic E-state index is -1.05. The van der Waals surface area contributed by atoms with E-state index in [0.717, 1.165) is 5.69 Å². The highest BCUT2D eigenvalue weighted by Gasteiger charge is 2.36. The Bertz CT molecular complexity index is 1360. The number of nitrogens with one attached hydrogen (secondary N) is 1. The fraction of sp³-hybridized carbons (Fsp3) is 0.429. The number of carboxylic acids is 1. The van der Waals surface area contributed by atoms with Gasteiger partial charge in [0.25, 0.3) is 0 Å². The third-order valence-corrected chi connectivity index (χ3v) is 6.90. The first-order valence-corrected chi connectivity index (χ1v) is 13.3. The summed E-state index contributed by atoms with van der Waals surface area (Å²) < 4.78 is 12.6. The van der Waals surface area contributed by atoms with E-state index in [9.17, 15) is 14.4 Å². The summed E-state index contributed by atoms with van der Waals surface area (Å²) in [5.41, 5.74) is 1.46. The highest BCUT2D eigenvalue weighted by atomic mass is 16.5. The Hall–Kier alpha value is -4.68. The number of piperazine rings is 1. The molecule has 2 N–H and O–H groups in total. The molecule has 0 bridgehead atoms. The SMILES string of the molecule is COc1cccc(OC)c1CNC(=O)C1CN(C(=O)CCC(=O)O)CCN1c1cc(C(C)C)nc(-n2ccnc2)n1. The van der Waals surface area contributed by atoms with Crippen LogP contribution in [0.25, 0.3) is 5.95 Å². The van der Waals surface area contributed by atoms with Crippen LogP contribution in [0.2, 0.25) is 0 Å². The van der Waals surface area contributed by atoms with Crippen LogP contribution in [0.15, 0.2) is 43.0 Å². The number of anilines is 1. The number of benzene rings is 1. The summed E-state index contributed by atoms with van der Waals surface area (Å²) in [5.74, 6) is 0.482. The van der Waals surface area contributed by atoms with Crippen molar-refractivity contribution in [2.75, 3.05) is 38.8 Å². The van der Waals surface area contributed by atoms with Crippen LogP contribution in [0, 0.1) is 0 Å². The Morgan fingerprint density at radius 1 is 1.10 bits per heavy atom. The molecule has 0 saturated carbocycles. The predicted octanol–water partition coefficient (Wildman–Crippen LogP) is 2.00. The fourth-order valence-corrected chi connectivity index (χ4v) is 4.65. The molecule has 13 heteroatoms. The van der Waals surface area contributed by atoms with Crippen LogP contribution in [-0.4, -0.2) is 87.2 Å². The molecular weight excluding hydrogens is 530 g/mol. The molecule has 0 radical (unpaired) electrons. The van der Waals surface area contributed by atoms with Crippen LogP contribution in [0.4, 0.5) is 5.82 Å². The number of amides is 2. The smallest absolute Gasteiger partial charge is 0.303 e. The van der Waals surface area contributed by atoms with Gasteiger partial charge < -0.3 is 29.7 Å². The van der Waals surface area contributed by atoms with Gasteiger partial charge in [-0.2, -0.15) is 4.98 Å². The molecule has 1 aliphatic heterocycles. The average Bonchev–Trinajstić information content (AvgIpc) is 3.53. The Morgan fingerprint density at radius 2 is 1.83 bits per heavy atom. The van der Waals surface area contributed by atoms with Crippen LogP contribution >= 0.6 is 0 Å². The molecule has 1 saturated heterocycles. The lowest BCUT2D eigenvalue weighted by Crippen LogP contribution is -2.60. The monoisotopic (exact) mass is 565 g/mol. The van der Waals surface area contributed by atoms with Crippen molar-refractivity contribution in [3.05, 3.63) is 54.2 Å². The average molecular weight is 566 g/mol. The maximum atomic E-state index is 13.8. The van der Waals surface area contributed by atoms with Gasteiger partial charge in [0, 0.05) is 38.0 Å². The van der Waals surface area contributed by atoms with Gasteiger partial charge in [0.1, 0.15) is 29.7 Å². The van der Waals surface area contributed by atoms with Crippen molar-refractivity contribution in [1.82, 2.24) is 29.7 Å². The van der Waals surface area contributed by atoms with Crippen molar-refractivity contribution in [1.29, 1.82) is 0 Å². The lowest BCUT2D eigenvalue weighted by atomic mass is 10.1. The molecule has 1 aromatic carbocycles. The van der Waals surface area contributed by atoms with Gasteiger partial charge in [0.05, 0.1) is 45.0 Å². The Labute approximate surface area is 238 Å². The molecule has 4 rings (SSSR count). The maximum absolute atomic E-state index is 13.8. The van der Waals surface area contributed by atoms with Gasteiger partial charge in [-0.3, -0.25) is 19.0 Å². The van der Waals surface area contributed by atoms with Gasteiger partial charge in [-0.15, -0.1) is 0 Å². The lowest BCUT2D eigenvalue weighted by molar-refractivity contribution is -0.141. The van der Waals surface area contributed by atoms with Crippen LogP contribution < -0.4 is 19.7 Å². The van der Waals surface area contributed by atoms with Crippen molar-refractivity contribution in [3.8, 4) is 17.4 Å². The predicted molar refractivity (Wildman–Crippen MR) is 149 cm³/mol. The number of nitrogens with zero attached hydrogens (tertiary/aromatic N) is 6. The quantitative estimate of drug-likeness (QED) is 0.353. The number of hydrogen-bond acceptors (Lipinski definition) is 9. The van der Waals surface area contributed by atoms with Gasteiger partial charge >= 0.3 is 5.97 Å². The normalized spacial score (nSPS) is 15.1. The van der Waals surface area contributed by atoms with E-state index in [1.54, 1.807) is 55.7 Å². The Morgan fingerprint density at radius 3 is 2.44 bits per heavy atom. The van der Waals surface area contributed by atoms with Crippen molar-refractivity contribution >= 4 is 23.6 Å². The van der Waals surface area contributed by atoms with Gasteiger partial charge in [0.2, 0.25) is 17.8 Å². The zero-order chi connectivity index (χ0) is 29.5. The molecule has 218 valence electrons. The molecule has 3 aromatic rings. The maximum Gasteiger partial charge on any atom is 0.303 e. The molecule has 41 heavy (non-hydrogen) atoms. The number of rotatable bonds is 11. The number of hydrogen-bond donors (Lipinski definition) is 2. The molecule has 1 atom stereocenters. The molecule has 2 amide bonds. The van der Waals surface area contributed by atoms with E-state index in [1.165, 1.54) is 4.90 Å². The van der Waals surface area contributed by atoms with Crippen LogP contribution in [0.3, 0.4) is 0 Å². The number of carboxylic acid groups (broad SMARTS) is 1. The van der Waals surface area contributed by atoms with Crippen molar-refractivity contribution in [3.63, 3.8) is 0 Å². The summed E-state index contributed by atoms with van der Waals surface area (Å²) >= 11 is 0. The molecule has 0 spiro atoms. The summed E-state index contributed by atoms with van der Waals surface area (Å²) in [6, 6.07) is 6.42. The van der Waals surface area contributed by atoms with Gasteiger partial charge in [-0.1, -0.05) is 19.9 Å². The third kappa shape index (κ3) is 6.91. The first-order valence-electron chi connectivity index (χ1n) is 13.3. The number of ether oxygens (including phenoxy) is 2. The largest absolute Gasteiger partial charge is 0.496 e. The molecule has 3 heterocycles. The first kappa shape index (κ1) is 29.3. The van der Waals surface area contributed by atoms with E-state index >= 15 is 0 Å². The lowest BCUT2D eigenvalue weighted by Gasteiger charge is -2.41. The van der Waals surface area contributed by atoms with Crippen LogP contribution in [0.5, 0.6) is 11.5 Å². The Balaban J connectivity index is 1.66. The molecule has 2 aromatic heterocycles. The standard InChI is InChI=1S/C28H35N7O6/c1-18(2)20-14-24(32-28(31-20)34-11-10-29-17-34)35-13-12-33(25(36)8-9-26(37)38)16-21(35)27(39)30-15-19-22(40-3)6-5-7-23(19)41-4/h5-7,10-11,14,17-18,21H,8-9,12-13,15-16H2,1-4H3,(H,30,39)(H,37,38). The number of carbonyl (C=O) groups is 3. The molecule has 13 nitrogen and oxygen atoms in total. The zero-order valence-electron chi connectivity index (χ0n) is 23.6. The van der Waals surface area contributed by atoms with Crippen LogP contribution in [-0.2, 0) is 20.9 Å². The third-order valence-electron chi connectivity index (χ3n) is 6.90. The highest BCUT2D eigenvalue weighted by molar-refractivity contribution is 5.87. The zero-order valence-corrected chi connectivity index (χ0v) is 23.6. The van der Waals surface area contributed by atoms with Gasteiger partial charge in [-0.25, -0.2) is 9.97 Å². The summed E-state index contributed by atoms with van der Waals surface area (Å²) in [7, 11) is 3.09. The number of methoxy groups -OCH3 is 2. The second-order valence-corrected chi connectivity index (χ2v) is 9.88. The van der Waals surface area contributed by atoms with E-state index in [0.29, 0.717) is 41.9 Å². The second-order valence-electron chi connectivity index (χ2n) is 9.88. The number of aromatic nitrogens is 4. The molecule has 1 aliphatic rings. The van der Waals surface area contributed by atoms with Gasteiger partial charge in [0.15, 0.2) is 0 Å². The van der Waals surface area contributed by atoms with Crippen molar-refractivity contribution < 1.29 is 29.0 Å². The molecule has 0 aliphatic carbocycles. The highest BCUT2D eigenvalue weighted by Crippen LogP contribution is 2.29. The van der Waals surface area contributed by atoms with E-state index in [2.05, 4.69) is 15.3 Å². The molecule has 1 fully saturated rings. The summed E-state index contributed by atoms with van der Waals surface area (Å²) in [6.45, 7) is 4.86. The summed E-state index contributed by atoms with van der Waals surface area (Å²) in [6.07, 6.45) is 4.56. The molecular formula is C28H35N7O6. The number of carbonyl (C=O) groups excluding carboxylic acids is 2. The fourth-order valence-electron chi connectivity index (χ4n) is 4.65. The molecule has 1 unspecified atom stereocenters. The second kappa shape index (κ2) is 13.1. The van der Waals surface area contributed by atoms with E-state index in [-0.39, 0.29) is 43.7 Å².